The highest BCUT2D eigenvalue weighted by Gasteiger charge is 2.04. The molecule has 0 spiro atoms. The normalized spacial score (nSPS) is 9.63. The minimum absolute atomic E-state index is 0.0499. The molecule has 1 nitrogen and oxygen atoms in total. The van der Waals surface area contributed by atoms with Crippen LogP contribution in [0, 0.1) is 23.5 Å². The molecule has 0 aliphatic rings. The second-order valence-corrected chi connectivity index (χ2v) is 3.81. The van der Waals surface area contributed by atoms with Gasteiger partial charge in [-0.05, 0) is 43.3 Å². The second-order valence-electron chi connectivity index (χ2n) is 3.81. The van der Waals surface area contributed by atoms with Crippen LogP contribution in [0.3, 0.4) is 0 Å². The quantitative estimate of drug-likeness (QED) is 0.745. The van der Waals surface area contributed by atoms with Gasteiger partial charge in [-0.15, -0.1) is 0 Å². The van der Waals surface area contributed by atoms with E-state index in [1.165, 1.54) is 12.1 Å². The number of hydrogen-bond donors (Lipinski definition) is 0. The molecule has 0 saturated heterocycles. The summed E-state index contributed by atoms with van der Waals surface area (Å²) in [4.78, 5) is 0. The van der Waals surface area contributed by atoms with E-state index in [9.17, 15) is 8.78 Å². The Morgan fingerprint density at radius 3 is 2.42 bits per heavy atom. The molecule has 0 unspecified atom stereocenters. The summed E-state index contributed by atoms with van der Waals surface area (Å²) in [6.07, 6.45) is 0. The highest BCUT2D eigenvalue weighted by molar-refractivity contribution is 5.44. The number of rotatable bonds is 2. The fourth-order valence-corrected chi connectivity index (χ4v) is 1.54. The van der Waals surface area contributed by atoms with Crippen molar-refractivity contribution in [3.63, 3.8) is 0 Å². The first-order chi connectivity index (χ1) is 9.20. The topological polar surface area (TPSA) is 9.23 Å². The molecule has 0 atom stereocenters. The van der Waals surface area contributed by atoms with Crippen LogP contribution in [0.25, 0.3) is 0 Å². The zero-order valence-electron chi connectivity index (χ0n) is 10.4. The minimum Gasteiger partial charge on any atom is -0.494 e. The van der Waals surface area contributed by atoms with Crippen molar-refractivity contribution in [2.45, 2.75) is 6.92 Å². The molecule has 0 aliphatic heterocycles. The van der Waals surface area contributed by atoms with Crippen molar-refractivity contribution in [2.75, 3.05) is 6.61 Å². The van der Waals surface area contributed by atoms with Crippen LogP contribution in [-0.2, 0) is 0 Å². The average Bonchev–Trinajstić information content (AvgIpc) is 2.42. The van der Waals surface area contributed by atoms with Gasteiger partial charge in [-0.3, -0.25) is 0 Å². The van der Waals surface area contributed by atoms with Crippen LogP contribution in [0.4, 0.5) is 8.78 Å². The second kappa shape index (κ2) is 6.01. The lowest BCUT2D eigenvalue weighted by Crippen LogP contribution is -1.90. The van der Waals surface area contributed by atoms with Crippen molar-refractivity contribution in [3.05, 3.63) is 65.2 Å². The average molecular weight is 258 g/mol. The lowest BCUT2D eigenvalue weighted by molar-refractivity contribution is 0.340. The van der Waals surface area contributed by atoms with Crippen LogP contribution in [0.15, 0.2) is 42.5 Å². The molecule has 19 heavy (non-hydrogen) atoms. The van der Waals surface area contributed by atoms with Crippen LogP contribution in [0.5, 0.6) is 5.75 Å². The van der Waals surface area contributed by atoms with Gasteiger partial charge in [-0.2, -0.15) is 0 Å². The van der Waals surface area contributed by atoms with Crippen LogP contribution < -0.4 is 4.74 Å². The minimum atomic E-state index is -0.916. The van der Waals surface area contributed by atoms with E-state index < -0.39 is 11.6 Å². The fraction of sp³-hybridized carbons (Fsp3) is 0.125. The molecule has 0 radical (unpaired) electrons. The molecule has 2 rings (SSSR count). The van der Waals surface area contributed by atoms with Crippen LogP contribution in [-0.4, -0.2) is 6.61 Å². The maximum atomic E-state index is 13.4. The van der Waals surface area contributed by atoms with Crippen LogP contribution >= 0.6 is 0 Å². The predicted molar refractivity (Wildman–Crippen MR) is 69.9 cm³/mol. The Kier molecular flexibility index (Phi) is 4.15. The number of benzene rings is 2. The molecule has 0 aliphatic carbocycles. The summed E-state index contributed by atoms with van der Waals surface area (Å²) in [5.41, 5.74) is 0.765. The van der Waals surface area contributed by atoms with Crippen molar-refractivity contribution < 1.29 is 13.5 Å². The largest absolute Gasteiger partial charge is 0.494 e. The summed E-state index contributed by atoms with van der Waals surface area (Å²) < 4.78 is 31.7. The molecular formula is C16H12F2O. The SMILES string of the molecule is CCOc1ccc(C#Cc2cccc(F)c2F)cc1. The Balaban J connectivity index is 2.21. The maximum absolute atomic E-state index is 13.4. The molecule has 0 fully saturated rings. The molecule has 0 heterocycles. The van der Waals surface area contributed by atoms with Crippen molar-refractivity contribution in [1.82, 2.24) is 0 Å². The van der Waals surface area contributed by atoms with Crippen molar-refractivity contribution in [3.8, 4) is 17.6 Å². The molecular weight excluding hydrogens is 246 g/mol. The Bertz CT molecular complexity index is 621. The molecule has 0 bridgehead atoms. The van der Waals surface area contributed by atoms with E-state index in [1.54, 1.807) is 24.3 Å². The Morgan fingerprint density at radius 2 is 1.74 bits per heavy atom. The Morgan fingerprint density at radius 1 is 1.00 bits per heavy atom. The van der Waals surface area contributed by atoms with E-state index in [4.69, 9.17) is 4.74 Å². The smallest absolute Gasteiger partial charge is 0.174 e. The van der Waals surface area contributed by atoms with E-state index in [0.29, 0.717) is 12.2 Å². The van der Waals surface area contributed by atoms with Crippen LogP contribution in [0.1, 0.15) is 18.1 Å². The van der Waals surface area contributed by atoms with Gasteiger partial charge >= 0.3 is 0 Å². The first-order valence-corrected chi connectivity index (χ1v) is 5.89. The van der Waals surface area contributed by atoms with Gasteiger partial charge in [0, 0.05) is 5.56 Å². The first kappa shape index (κ1) is 13.1. The van der Waals surface area contributed by atoms with Gasteiger partial charge in [0.1, 0.15) is 5.75 Å². The van der Waals surface area contributed by atoms with E-state index in [-0.39, 0.29) is 5.56 Å². The summed E-state index contributed by atoms with van der Waals surface area (Å²) >= 11 is 0. The van der Waals surface area contributed by atoms with Gasteiger partial charge in [-0.1, -0.05) is 17.9 Å². The van der Waals surface area contributed by atoms with Gasteiger partial charge in [0.15, 0.2) is 11.6 Å². The predicted octanol–water partition coefficient (Wildman–Crippen LogP) is 3.76. The lowest BCUT2D eigenvalue weighted by atomic mass is 10.1. The summed E-state index contributed by atoms with van der Waals surface area (Å²) in [5, 5.41) is 0. The summed E-state index contributed by atoms with van der Waals surface area (Å²) in [7, 11) is 0. The van der Waals surface area contributed by atoms with E-state index in [0.717, 1.165) is 11.8 Å². The molecule has 96 valence electrons. The van der Waals surface area contributed by atoms with Crippen molar-refractivity contribution in [2.24, 2.45) is 0 Å². The van der Waals surface area contributed by atoms with Gasteiger partial charge < -0.3 is 4.74 Å². The number of hydrogen-bond acceptors (Lipinski definition) is 1. The third-order valence-corrected chi connectivity index (χ3v) is 2.46. The Hall–Kier alpha value is -2.34. The van der Waals surface area contributed by atoms with E-state index in [2.05, 4.69) is 11.8 Å². The number of ether oxygens (including phenoxy) is 1. The van der Waals surface area contributed by atoms with Crippen molar-refractivity contribution >= 4 is 0 Å². The monoisotopic (exact) mass is 258 g/mol. The molecule has 0 N–H and O–H groups in total. The molecule has 0 saturated carbocycles. The Labute approximate surface area is 110 Å². The zero-order chi connectivity index (χ0) is 13.7. The van der Waals surface area contributed by atoms with Gasteiger partial charge in [0.05, 0.1) is 12.2 Å². The fourth-order valence-electron chi connectivity index (χ4n) is 1.54. The molecule has 2 aromatic carbocycles. The lowest BCUT2D eigenvalue weighted by Gasteiger charge is -2.01. The van der Waals surface area contributed by atoms with Gasteiger partial charge in [0.25, 0.3) is 0 Å². The molecule has 3 heteroatoms. The highest BCUT2D eigenvalue weighted by Crippen LogP contribution is 2.12. The van der Waals surface area contributed by atoms with E-state index in [1.807, 2.05) is 6.92 Å². The highest BCUT2D eigenvalue weighted by atomic mass is 19.2. The van der Waals surface area contributed by atoms with E-state index >= 15 is 0 Å². The standard InChI is InChI=1S/C16H12F2O/c1-2-19-14-10-7-12(8-11-14)6-9-13-4-3-5-15(17)16(13)18/h3-5,7-8,10-11H,2H2,1H3. The number of halogens is 2. The van der Waals surface area contributed by atoms with Gasteiger partial charge in [-0.25, -0.2) is 8.78 Å². The summed E-state index contributed by atoms with van der Waals surface area (Å²) in [6.45, 7) is 2.50. The molecule has 2 aromatic rings. The maximum Gasteiger partial charge on any atom is 0.174 e. The van der Waals surface area contributed by atoms with Gasteiger partial charge in [0.2, 0.25) is 0 Å². The third-order valence-electron chi connectivity index (χ3n) is 2.46. The summed E-state index contributed by atoms with van der Waals surface area (Å²) in [5.74, 6) is 4.35. The molecule has 0 amide bonds. The first-order valence-electron chi connectivity index (χ1n) is 5.89. The zero-order valence-corrected chi connectivity index (χ0v) is 10.4. The summed E-state index contributed by atoms with van der Waals surface area (Å²) in [6, 6.07) is 11.1. The van der Waals surface area contributed by atoms with Crippen molar-refractivity contribution in [1.29, 1.82) is 0 Å². The van der Waals surface area contributed by atoms with Crippen LogP contribution in [0.2, 0.25) is 0 Å². The molecule has 0 aromatic heterocycles. The third kappa shape index (κ3) is 3.32.